The van der Waals surface area contributed by atoms with Crippen LogP contribution in [0.1, 0.15) is 11.1 Å². The van der Waals surface area contributed by atoms with Gasteiger partial charge in [-0.3, -0.25) is 4.72 Å². The molecule has 1 rings (SSSR count). The number of anilines is 2. The average molecular weight is 258 g/mol. The number of ether oxygens (including phenoxy) is 1. The summed E-state index contributed by atoms with van der Waals surface area (Å²) in [6, 6.07) is 3.55. The highest BCUT2D eigenvalue weighted by molar-refractivity contribution is 7.92. The molecule has 0 heterocycles. The molecule has 0 aliphatic rings. The van der Waals surface area contributed by atoms with Gasteiger partial charge in [0.1, 0.15) is 0 Å². The summed E-state index contributed by atoms with van der Waals surface area (Å²) < 4.78 is 30.8. The second kappa shape index (κ2) is 5.37. The maximum atomic E-state index is 11.7. The van der Waals surface area contributed by atoms with Gasteiger partial charge in [-0.15, -0.1) is 0 Å². The first kappa shape index (κ1) is 13.8. The molecule has 17 heavy (non-hydrogen) atoms. The summed E-state index contributed by atoms with van der Waals surface area (Å²) in [5.74, 6) is -0.0722. The Morgan fingerprint density at radius 3 is 2.59 bits per heavy atom. The molecule has 0 aliphatic carbocycles. The van der Waals surface area contributed by atoms with Gasteiger partial charge in [-0.25, -0.2) is 8.42 Å². The monoisotopic (exact) mass is 258 g/mol. The molecule has 0 amide bonds. The Labute approximate surface area is 102 Å². The first-order valence-electron chi connectivity index (χ1n) is 5.22. The molecule has 1 aromatic rings. The number of nitrogens with one attached hydrogen (secondary N) is 1. The average Bonchev–Trinajstić information content (AvgIpc) is 2.27. The van der Waals surface area contributed by atoms with E-state index in [9.17, 15) is 8.42 Å². The second-order valence-corrected chi connectivity index (χ2v) is 5.73. The Balaban J connectivity index is 2.99. The van der Waals surface area contributed by atoms with Crippen molar-refractivity contribution in [1.29, 1.82) is 0 Å². The SMILES string of the molecule is COCCS(=O)(=O)Nc1c(C)ccc(N)c1C. The molecule has 3 N–H and O–H groups in total. The van der Waals surface area contributed by atoms with Crippen LogP contribution in [-0.2, 0) is 14.8 Å². The first-order valence-corrected chi connectivity index (χ1v) is 6.87. The number of aryl methyl sites for hydroxylation is 1. The molecule has 0 radical (unpaired) electrons. The molecule has 0 saturated heterocycles. The zero-order valence-corrected chi connectivity index (χ0v) is 11.1. The summed E-state index contributed by atoms with van der Waals surface area (Å²) in [4.78, 5) is 0. The zero-order valence-electron chi connectivity index (χ0n) is 10.3. The smallest absolute Gasteiger partial charge is 0.235 e. The van der Waals surface area contributed by atoms with E-state index in [2.05, 4.69) is 4.72 Å². The molecule has 0 bridgehead atoms. The van der Waals surface area contributed by atoms with Crippen molar-refractivity contribution >= 4 is 21.4 Å². The molecule has 0 unspecified atom stereocenters. The molecule has 1 aromatic carbocycles. The minimum absolute atomic E-state index is 0.0722. The van der Waals surface area contributed by atoms with E-state index in [1.807, 2.05) is 6.92 Å². The van der Waals surface area contributed by atoms with Crippen LogP contribution in [0.3, 0.4) is 0 Å². The lowest BCUT2D eigenvalue weighted by Gasteiger charge is -2.14. The van der Waals surface area contributed by atoms with E-state index < -0.39 is 10.0 Å². The number of nitrogen functional groups attached to an aromatic ring is 1. The van der Waals surface area contributed by atoms with E-state index in [-0.39, 0.29) is 12.4 Å². The van der Waals surface area contributed by atoms with Gasteiger partial charge in [0.2, 0.25) is 10.0 Å². The van der Waals surface area contributed by atoms with Crippen molar-refractivity contribution in [1.82, 2.24) is 0 Å². The lowest BCUT2D eigenvalue weighted by atomic mass is 10.1. The fraction of sp³-hybridized carbons (Fsp3) is 0.455. The lowest BCUT2D eigenvalue weighted by molar-refractivity contribution is 0.217. The molecule has 6 heteroatoms. The summed E-state index contributed by atoms with van der Waals surface area (Å²) >= 11 is 0. The van der Waals surface area contributed by atoms with Crippen molar-refractivity contribution < 1.29 is 13.2 Å². The van der Waals surface area contributed by atoms with Crippen molar-refractivity contribution in [3.63, 3.8) is 0 Å². The molecule has 0 saturated carbocycles. The van der Waals surface area contributed by atoms with Gasteiger partial charge < -0.3 is 10.5 Å². The van der Waals surface area contributed by atoms with Gasteiger partial charge in [-0.05, 0) is 31.0 Å². The molecule has 0 aromatic heterocycles. The Bertz CT molecular complexity index is 498. The number of hydrogen-bond acceptors (Lipinski definition) is 4. The normalized spacial score (nSPS) is 11.5. The summed E-state index contributed by atoms with van der Waals surface area (Å²) in [7, 11) is -1.92. The van der Waals surface area contributed by atoms with Crippen LogP contribution in [0.4, 0.5) is 11.4 Å². The lowest BCUT2D eigenvalue weighted by Crippen LogP contribution is -2.21. The largest absolute Gasteiger partial charge is 0.398 e. The number of hydrogen-bond donors (Lipinski definition) is 2. The first-order chi connectivity index (χ1) is 7.87. The number of rotatable bonds is 5. The number of sulfonamides is 1. The van der Waals surface area contributed by atoms with Crippen molar-refractivity contribution in [2.45, 2.75) is 13.8 Å². The third-order valence-electron chi connectivity index (χ3n) is 2.53. The van der Waals surface area contributed by atoms with Crippen molar-refractivity contribution in [2.24, 2.45) is 0 Å². The van der Waals surface area contributed by atoms with Crippen molar-refractivity contribution in [2.75, 3.05) is 29.9 Å². The maximum absolute atomic E-state index is 11.7. The van der Waals surface area contributed by atoms with Gasteiger partial charge in [0.25, 0.3) is 0 Å². The number of nitrogens with two attached hydrogens (primary N) is 1. The quantitative estimate of drug-likeness (QED) is 0.779. The molecule has 0 aliphatic heterocycles. The predicted molar refractivity (Wildman–Crippen MR) is 69.6 cm³/mol. The zero-order chi connectivity index (χ0) is 13.1. The van der Waals surface area contributed by atoms with Crippen LogP contribution in [0.5, 0.6) is 0 Å². The Kier molecular flexibility index (Phi) is 4.36. The summed E-state index contributed by atoms with van der Waals surface area (Å²) in [6.45, 7) is 3.78. The van der Waals surface area contributed by atoms with Gasteiger partial charge in [0, 0.05) is 12.8 Å². The third-order valence-corrected chi connectivity index (χ3v) is 3.75. The van der Waals surface area contributed by atoms with Crippen LogP contribution in [0.15, 0.2) is 12.1 Å². The van der Waals surface area contributed by atoms with E-state index >= 15 is 0 Å². The highest BCUT2D eigenvalue weighted by Gasteiger charge is 2.14. The summed E-state index contributed by atoms with van der Waals surface area (Å²) in [5, 5.41) is 0. The van der Waals surface area contributed by atoms with Crippen LogP contribution in [0.25, 0.3) is 0 Å². The highest BCUT2D eigenvalue weighted by Crippen LogP contribution is 2.26. The molecule has 0 spiro atoms. The molecular weight excluding hydrogens is 240 g/mol. The van der Waals surface area contributed by atoms with Gasteiger partial charge in [-0.1, -0.05) is 6.07 Å². The van der Waals surface area contributed by atoms with Crippen molar-refractivity contribution in [3.8, 4) is 0 Å². The fourth-order valence-corrected chi connectivity index (χ4v) is 2.53. The highest BCUT2D eigenvalue weighted by atomic mass is 32.2. The van der Waals surface area contributed by atoms with E-state index in [1.54, 1.807) is 19.1 Å². The Morgan fingerprint density at radius 1 is 1.35 bits per heavy atom. The van der Waals surface area contributed by atoms with E-state index in [0.717, 1.165) is 11.1 Å². The van der Waals surface area contributed by atoms with E-state index in [0.29, 0.717) is 11.4 Å². The van der Waals surface area contributed by atoms with Crippen LogP contribution in [0.2, 0.25) is 0 Å². The number of methoxy groups -OCH3 is 1. The molecule has 96 valence electrons. The second-order valence-electron chi connectivity index (χ2n) is 3.89. The van der Waals surface area contributed by atoms with Gasteiger partial charge >= 0.3 is 0 Å². The standard InChI is InChI=1S/C11H18N2O3S/c1-8-4-5-10(12)9(2)11(8)13-17(14,15)7-6-16-3/h4-5,13H,6-7,12H2,1-3H3. The Morgan fingerprint density at radius 2 is 2.00 bits per heavy atom. The van der Waals surface area contributed by atoms with Gasteiger partial charge in [0.05, 0.1) is 18.0 Å². The minimum atomic E-state index is -3.39. The topological polar surface area (TPSA) is 81.4 Å². The van der Waals surface area contributed by atoms with Crippen molar-refractivity contribution in [3.05, 3.63) is 23.3 Å². The molecule has 5 nitrogen and oxygen atoms in total. The molecular formula is C11H18N2O3S. The van der Waals surface area contributed by atoms with Gasteiger partial charge in [-0.2, -0.15) is 0 Å². The molecule has 0 atom stereocenters. The predicted octanol–water partition coefficient (Wildman–Crippen LogP) is 1.27. The molecule has 0 fully saturated rings. The third kappa shape index (κ3) is 3.61. The maximum Gasteiger partial charge on any atom is 0.235 e. The van der Waals surface area contributed by atoms with Gasteiger partial charge in [0.15, 0.2) is 0 Å². The van der Waals surface area contributed by atoms with E-state index in [4.69, 9.17) is 10.5 Å². The van der Waals surface area contributed by atoms with Crippen LogP contribution in [0, 0.1) is 13.8 Å². The van der Waals surface area contributed by atoms with Crippen LogP contribution < -0.4 is 10.5 Å². The Hall–Kier alpha value is -1.27. The minimum Gasteiger partial charge on any atom is -0.398 e. The fourth-order valence-electron chi connectivity index (χ4n) is 1.42. The number of benzene rings is 1. The van der Waals surface area contributed by atoms with E-state index in [1.165, 1.54) is 7.11 Å². The summed E-state index contributed by atoms with van der Waals surface area (Å²) in [6.07, 6.45) is 0. The summed E-state index contributed by atoms with van der Waals surface area (Å²) in [5.41, 5.74) is 8.46. The van der Waals surface area contributed by atoms with Crippen LogP contribution in [-0.4, -0.2) is 27.9 Å². The van der Waals surface area contributed by atoms with Crippen LogP contribution >= 0.6 is 0 Å².